The van der Waals surface area contributed by atoms with Crippen LogP contribution in [0.2, 0.25) is 0 Å². The number of hydrazone groups is 1. The highest BCUT2D eigenvalue weighted by Crippen LogP contribution is 2.31. The first-order valence-corrected chi connectivity index (χ1v) is 13.3. The molecule has 1 aliphatic heterocycles. The van der Waals surface area contributed by atoms with Crippen LogP contribution in [-0.4, -0.2) is 50.9 Å². The van der Waals surface area contributed by atoms with E-state index in [-0.39, 0.29) is 21.7 Å². The van der Waals surface area contributed by atoms with Crippen molar-refractivity contribution in [3.05, 3.63) is 71.4 Å². The van der Waals surface area contributed by atoms with Gasteiger partial charge in [0.15, 0.2) is 0 Å². The van der Waals surface area contributed by atoms with Gasteiger partial charge in [-0.1, -0.05) is 48.0 Å². The average Bonchev–Trinajstić information content (AvgIpc) is 3.54. The number of aromatic nitrogens is 2. The van der Waals surface area contributed by atoms with Gasteiger partial charge in [-0.25, -0.2) is 13.4 Å². The number of morpholine rings is 1. The van der Waals surface area contributed by atoms with Crippen molar-refractivity contribution < 1.29 is 17.6 Å². The number of hydrogen-bond donors (Lipinski definition) is 1. The Balaban J connectivity index is 1.40. The summed E-state index contributed by atoms with van der Waals surface area (Å²) in [5.74, 6) is 0.264. The van der Waals surface area contributed by atoms with E-state index in [4.69, 9.17) is 9.15 Å². The predicted molar refractivity (Wildman–Crippen MR) is 135 cm³/mol. The molecule has 180 valence electrons. The van der Waals surface area contributed by atoms with E-state index < -0.39 is 9.84 Å². The molecule has 9 nitrogen and oxygen atoms in total. The van der Waals surface area contributed by atoms with E-state index in [2.05, 4.69) is 20.5 Å². The molecule has 35 heavy (non-hydrogen) atoms. The predicted octanol–water partition coefficient (Wildman–Crippen LogP) is 4.22. The summed E-state index contributed by atoms with van der Waals surface area (Å²) >= 11 is 1.41. The minimum Gasteiger partial charge on any atom is -0.418 e. The minimum absolute atomic E-state index is 0.0736. The van der Waals surface area contributed by atoms with Gasteiger partial charge in [0.1, 0.15) is 6.21 Å². The Morgan fingerprint density at radius 2 is 1.80 bits per heavy atom. The summed E-state index contributed by atoms with van der Waals surface area (Å²) in [6.07, 6.45) is 1.35. The first-order chi connectivity index (χ1) is 17.0. The maximum absolute atomic E-state index is 13.4. The van der Waals surface area contributed by atoms with Crippen LogP contribution in [0, 0.1) is 6.92 Å². The Labute approximate surface area is 207 Å². The average molecular weight is 510 g/mol. The van der Waals surface area contributed by atoms with Crippen LogP contribution in [-0.2, 0) is 14.6 Å². The van der Waals surface area contributed by atoms with Crippen LogP contribution in [0.1, 0.15) is 11.5 Å². The molecule has 0 atom stereocenters. The largest absolute Gasteiger partial charge is 0.418 e. The lowest BCUT2D eigenvalue weighted by molar-refractivity contribution is 0.120. The number of hydrogen-bond acceptors (Lipinski definition) is 10. The number of rotatable bonds is 7. The van der Waals surface area contributed by atoms with Crippen LogP contribution in [0.3, 0.4) is 0 Å². The molecule has 0 spiro atoms. The number of aryl methyl sites for hydroxylation is 1. The third-order valence-corrected chi connectivity index (χ3v) is 7.80. The van der Waals surface area contributed by atoms with Crippen molar-refractivity contribution in [2.45, 2.75) is 16.8 Å². The molecule has 4 aromatic rings. The van der Waals surface area contributed by atoms with Crippen LogP contribution in [0.15, 0.2) is 79.4 Å². The van der Waals surface area contributed by atoms with Crippen LogP contribution in [0.25, 0.3) is 11.3 Å². The van der Waals surface area contributed by atoms with Crippen molar-refractivity contribution in [1.82, 2.24) is 9.97 Å². The van der Waals surface area contributed by atoms with Crippen molar-refractivity contribution in [1.29, 1.82) is 0 Å². The molecule has 1 aliphatic rings. The van der Waals surface area contributed by atoms with Gasteiger partial charge < -0.3 is 14.1 Å². The number of nitrogens with one attached hydrogen (secondary N) is 1. The molecule has 0 unspecified atom stereocenters. The highest BCUT2D eigenvalue weighted by atomic mass is 32.2. The summed E-state index contributed by atoms with van der Waals surface area (Å²) in [5, 5.41) is 6.55. The lowest BCUT2D eigenvalue weighted by Crippen LogP contribution is -2.36. The summed E-state index contributed by atoms with van der Waals surface area (Å²) in [7, 11) is -3.90. The summed E-state index contributed by atoms with van der Waals surface area (Å²) in [6, 6.07) is 16.5. The normalized spacial score (nSPS) is 14.5. The van der Waals surface area contributed by atoms with E-state index in [0.717, 1.165) is 16.8 Å². The zero-order valence-electron chi connectivity index (χ0n) is 18.9. The number of oxazole rings is 1. The number of thiazole rings is 1. The van der Waals surface area contributed by atoms with Gasteiger partial charge >= 0.3 is 0 Å². The lowest BCUT2D eigenvalue weighted by atomic mass is 10.2. The highest BCUT2D eigenvalue weighted by molar-refractivity contribution is 7.91. The Hall–Kier alpha value is -3.54. The topological polar surface area (TPSA) is 110 Å². The molecule has 0 radical (unpaired) electrons. The zero-order valence-corrected chi connectivity index (χ0v) is 20.6. The fraction of sp³-hybridized carbons (Fsp3) is 0.208. The Bertz CT molecular complexity index is 1420. The monoisotopic (exact) mass is 509 g/mol. The molecule has 0 amide bonds. The van der Waals surface area contributed by atoms with Gasteiger partial charge in [-0.05, 0) is 19.1 Å². The number of ether oxygens (including phenoxy) is 1. The van der Waals surface area contributed by atoms with Crippen LogP contribution in [0.4, 0.5) is 11.0 Å². The summed E-state index contributed by atoms with van der Waals surface area (Å²) in [6.45, 7) is 3.86. The van der Waals surface area contributed by atoms with E-state index in [1.165, 1.54) is 17.6 Å². The molecule has 1 fully saturated rings. The van der Waals surface area contributed by atoms with Gasteiger partial charge in [0.25, 0.3) is 0 Å². The van der Waals surface area contributed by atoms with Gasteiger partial charge in [0, 0.05) is 24.0 Å². The molecule has 0 bridgehead atoms. The number of benzene rings is 2. The van der Waals surface area contributed by atoms with Gasteiger partial charge in [0.05, 0.1) is 23.8 Å². The molecule has 11 heteroatoms. The second-order valence-electron chi connectivity index (χ2n) is 7.85. The number of anilines is 2. The number of nitrogens with zero attached hydrogens (tertiary/aromatic N) is 4. The van der Waals surface area contributed by atoms with Gasteiger partial charge in [0.2, 0.25) is 31.8 Å². The lowest BCUT2D eigenvalue weighted by Gasteiger charge is -2.26. The second-order valence-corrected chi connectivity index (χ2v) is 10.6. The zero-order chi connectivity index (χ0) is 24.3. The summed E-state index contributed by atoms with van der Waals surface area (Å²) in [5.41, 5.74) is 5.68. The maximum atomic E-state index is 13.4. The van der Waals surface area contributed by atoms with Crippen LogP contribution < -0.4 is 10.3 Å². The fourth-order valence-electron chi connectivity index (χ4n) is 3.55. The van der Waals surface area contributed by atoms with E-state index in [1.54, 1.807) is 24.3 Å². The molecule has 0 saturated carbocycles. The third-order valence-electron chi connectivity index (χ3n) is 5.39. The van der Waals surface area contributed by atoms with Gasteiger partial charge in [-0.15, -0.1) is 11.3 Å². The van der Waals surface area contributed by atoms with Crippen LogP contribution in [0.5, 0.6) is 0 Å². The van der Waals surface area contributed by atoms with Crippen LogP contribution >= 0.6 is 11.3 Å². The van der Waals surface area contributed by atoms with Gasteiger partial charge in [-0.3, -0.25) is 5.43 Å². The maximum Gasteiger partial charge on any atom is 0.243 e. The highest BCUT2D eigenvalue weighted by Gasteiger charge is 2.31. The third kappa shape index (κ3) is 5.11. The molecular weight excluding hydrogens is 486 g/mol. The standard InChI is InChI=1S/C24H23N5O4S2/c1-17-7-9-19(10-8-17)35(30,31)22-23(29-11-13-32-14-12-29)33-21(27-22)15-25-28-24-26-20(16-34-24)18-5-3-2-4-6-18/h2-10,15-16H,11-14H2,1H3,(H,26,28)/b25-15+. The Morgan fingerprint density at radius 3 is 2.54 bits per heavy atom. The SMILES string of the molecule is Cc1ccc(S(=O)(=O)c2nc(/C=N/Nc3nc(-c4ccccc4)cs3)oc2N2CCOCC2)cc1. The molecule has 0 aliphatic carbocycles. The first kappa shape index (κ1) is 23.2. The quantitative estimate of drug-likeness (QED) is 0.291. The van der Waals surface area contributed by atoms with E-state index in [9.17, 15) is 8.42 Å². The first-order valence-electron chi connectivity index (χ1n) is 11.0. The minimum atomic E-state index is -3.90. The van der Waals surface area contributed by atoms with E-state index in [1.807, 2.05) is 47.5 Å². The van der Waals surface area contributed by atoms with Crippen molar-refractivity contribution >= 4 is 38.4 Å². The van der Waals surface area contributed by atoms with Crippen molar-refractivity contribution in [2.24, 2.45) is 5.10 Å². The molecule has 3 heterocycles. The Kier molecular flexibility index (Phi) is 6.62. The van der Waals surface area contributed by atoms with Crippen molar-refractivity contribution in [2.75, 3.05) is 36.6 Å². The summed E-state index contributed by atoms with van der Waals surface area (Å²) in [4.78, 5) is 10.8. The fourth-order valence-corrected chi connectivity index (χ4v) is 5.55. The Morgan fingerprint density at radius 1 is 1.06 bits per heavy atom. The molecule has 2 aromatic carbocycles. The number of sulfone groups is 1. The second kappa shape index (κ2) is 9.98. The van der Waals surface area contributed by atoms with Crippen molar-refractivity contribution in [3.8, 4) is 11.3 Å². The van der Waals surface area contributed by atoms with Crippen molar-refractivity contribution in [3.63, 3.8) is 0 Å². The summed E-state index contributed by atoms with van der Waals surface area (Å²) < 4.78 is 38.1. The van der Waals surface area contributed by atoms with Gasteiger partial charge in [-0.2, -0.15) is 10.1 Å². The molecule has 1 N–H and O–H groups in total. The smallest absolute Gasteiger partial charge is 0.243 e. The molecular formula is C24H23N5O4S2. The molecule has 1 saturated heterocycles. The van der Waals surface area contributed by atoms with E-state index >= 15 is 0 Å². The molecule has 2 aromatic heterocycles. The van der Waals surface area contributed by atoms with E-state index in [0.29, 0.717) is 31.4 Å². The molecule has 5 rings (SSSR count).